The Kier molecular flexibility index (Phi) is 4.24. The van der Waals surface area contributed by atoms with Gasteiger partial charge >= 0.3 is 5.97 Å². The first-order chi connectivity index (χ1) is 5.50. The maximum atomic E-state index is 10.5. The van der Waals surface area contributed by atoms with Crippen LogP contribution in [0.15, 0.2) is 0 Å². The zero-order chi connectivity index (χ0) is 9.72. The zero-order valence-corrected chi connectivity index (χ0v) is 6.43. The van der Waals surface area contributed by atoms with Crippen molar-refractivity contribution in [1.82, 2.24) is 0 Å². The average Bonchev–Trinajstić information content (AvgIpc) is 1.98. The van der Waals surface area contributed by atoms with E-state index in [1.54, 1.807) is 0 Å². The number of carbonyl (C=O) groups is 2. The summed E-state index contributed by atoms with van der Waals surface area (Å²) in [5.74, 6) is -3.21. The summed E-state index contributed by atoms with van der Waals surface area (Å²) in [5, 5.41) is 17.0. The number of amides is 1. The van der Waals surface area contributed by atoms with Crippen LogP contribution in [0, 0.1) is 5.92 Å². The third-order valence-electron chi connectivity index (χ3n) is 1.52. The van der Waals surface area contributed by atoms with Gasteiger partial charge in [0.25, 0.3) is 0 Å². The van der Waals surface area contributed by atoms with Gasteiger partial charge in [0.05, 0.1) is 12.0 Å². The monoisotopic (exact) mass is 176 g/mol. The van der Waals surface area contributed by atoms with Crippen LogP contribution in [0.1, 0.15) is 6.42 Å². The number of carboxylic acids is 1. The van der Waals surface area contributed by atoms with Crippen molar-refractivity contribution in [2.75, 3.05) is 6.61 Å². The fourth-order valence-corrected chi connectivity index (χ4v) is 0.794. The van der Waals surface area contributed by atoms with Crippen LogP contribution in [0.2, 0.25) is 0 Å². The minimum atomic E-state index is -1.24. The van der Waals surface area contributed by atoms with E-state index in [4.69, 9.17) is 21.7 Å². The highest BCUT2D eigenvalue weighted by atomic mass is 16.4. The third-order valence-corrected chi connectivity index (χ3v) is 1.52. The molecule has 0 aliphatic rings. The van der Waals surface area contributed by atoms with E-state index in [0.29, 0.717) is 0 Å². The Labute approximate surface area is 69.2 Å². The van der Waals surface area contributed by atoms with Crippen LogP contribution in [0.5, 0.6) is 0 Å². The fraction of sp³-hybridized carbons (Fsp3) is 0.667. The molecule has 1 amide bonds. The summed E-state index contributed by atoms with van der Waals surface area (Å²) in [4.78, 5) is 20.9. The third kappa shape index (κ3) is 2.85. The number of nitrogens with two attached hydrogens (primary N) is 2. The molecule has 2 unspecified atom stereocenters. The molecule has 0 rings (SSSR count). The summed E-state index contributed by atoms with van der Waals surface area (Å²) < 4.78 is 0. The van der Waals surface area contributed by atoms with Gasteiger partial charge in [0, 0.05) is 6.61 Å². The maximum absolute atomic E-state index is 10.5. The molecule has 0 saturated carbocycles. The summed E-state index contributed by atoms with van der Waals surface area (Å²) in [5.41, 5.74) is 9.98. The Balaban J connectivity index is 4.28. The number of aliphatic hydroxyl groups excluding tert-OH is 1. The van der Waals surface area contributed by atoms with E-state index in [2.05, 4.69) is 0 Å². The fourth-order valence-electron chi connectivity index (χ4n) is 0.794. The van der Waals surface area contributed by atoms with Crippen LogP contribution in [-0.4, -0.2) is 34.7 Å². The molecule has 0 radical (unpaired) electrons. The maximum Gasteiger partial charge on any atom is 0.308 e. The highest BCUT2D eigenvalue weighted by Gasteiger charge is 2.28. The summed E-state index contributed by atoms with van der Waals surface area (Å²) >= 11 is 0. The van der Waals surface area contributed by atoms with Crippen LogP contribution in [0.25, 0.3) is 0 Å². The quantitative estimate of drug-likeness (QED) is 0.381. The number of aliphatic carboxylic acids is 1. The Hall–Kier alpha value is -1.14. The van der Waals surface area contributed by atoms with Gasteiger partial charge in [0.1, 0.15) is 0 Å². The SMILES string of the molecule is NC(=O)C(N)C(CCO)C(=O)O. The number of aliphatic hydroxyl groups is 1. The topological polar surface area (TPSA) is 127 Å². The standard InChI is InChI=1S/C6H12N2O4/c7-4(5(8)10)3(1-2-9)6(11)12/h3-4,9H,1-2,7H2,(H2,8,10)(H,11,12). The first-order valence-electron chi connectivity index (χ1n) is 3.39. The van der Waals surface area contributed by atoms with Crippen molar-refractivity contribution in [2.45, 2.75) is 12.5 Å². The van der Waals surface area contributed by atoms with Gasteiger partial charge in [-0.05, 0) is 6.42 Å². The molecule has 6 N–H and O–H groups in total. The van der Waals surface area contributed by atoms with Crippen molar-refractivity contribution in [3.63, 3.8) is 0 Å². The van der Waals surface area contributed by atoms with Crippen LogP contribution in [0.3, 0.4) is 0 Å². The summed E-state index contributed by atoms with van der Waals surface area (Å²) in [6.45, 7) is -0.335. The molecule has 2 atom stereocenters. The van der Waals surface area contributed by atoms with Crippen molar-refractivity contribution < 1.29 is 19.8 Å². The summed E-state index contributed by atoms with van der Waals surface area (Å²) in [6.07, 6.45) is -0.0700. The van der Waals surface area contributed by atoms with E-state index in [9.17, 15) is 9.59 Å². The van der Waals surface area contributed by atoms with Gasteiger partial charge < -0.3 is 21.7 Å². The van der Waals surface area contributed by atoms with E-state index < -0.39 is 23.8 Å². The zero-order valence-electron chi connectivity index (χ0n) is 6.43. The first-order valence-corrected chi connectivity index (χ1v) is 3.39. The molecule has 0 bridgehead atoms. The molecule has 12 heavy (non-hydrogen) atoms. The highest BCUT2D eigenvalue weighted by molar-refractivity contribution is 5.86. The van der Waals surface area contributed by atoms with Crippen LogP contribution in [-0.2, 0) is 9.59 Å². The highest BCUT2D eigenvalue weighted by Crippen LogP contribution is 2.06. The molecule has 0 aromatic heterocycles. The van der Waals surface area contributed by atoms with Gasteiger partial charge in [-0.25, -0.2) is 0 Å². The van der Waals surface area contributed by atoms with Crippen LogP contribution >= 0.6 is 0 Å². The first kappa shape index (κ1) is 10.9. The Morgan fingerprint density at radius 1 is 1.42 bits per heavy atom. The number of hydrogen-bond donors (Lipinski definition) is 4. The molecule has 70 valence electrons. The largest absolute Gasteiger partial charge is 0.481 e. The second-order valence-electron chi connectivity index (χ2n) is 2.39. The van der Waals surface area contributed by atoms with E-state index in [1.165, 1.54) is 0 Å². The van der Waals surface area contributed by atoms with Gasteiger partial charge in [-0.15, -0.1) is 0 Å². The van der Waals surface area contributed by atoms with Gasteiger partial charge in [-0.3, -0.25) is 9.59 Å². The number of carbonyl (C=O) groups excluding carboxylic acids is 1. The van der Waals surface area contributed by atoms with E-state index in [0.717, 1.165) is 0 Å². The lowest BCUT2D eigenvalue weighted by Gasteiger charge is -2.15. The van der Waals surface area contributed by atoms with Gasteiger partial charge in [0.15, 0.2) is 0 Å². The van der Waals surface area contributed by atoms with E-state index >= 15 is 0 Å². The summed E-state index contributed by atoms with van der Waals surface area (Å²) in [7, 11) is 0. The molecule has 0 heterocycles. The van der Waals surface area contributed by atoms with Crippen LogP contribution in [0.4, 0.5) is 0 Å². The van der Waals surface area contributed by atoms with Crippen LogP contribution < -0.4 is 11.5 Å². The van der Waals surface area contributed by atoms with Crippen molar-refractivity contribution >= 4 is 11.9 Å². The molecule has 0 aliphatic carbocycles. The minimum absolute atomic E-state index is 0.0700. The molecule has 6 nitrogen and oxygen atoms in total. The predicted octanol–water partition coefficient (Wildman–Crippen LogP) is -2.12. The molecule has 0 aliphatic heterocycles. The average molecular weight is 176 g/mol. The van der Waals surface area contributed by atoms with Crippen molar-refractivity contribution in [3.8, 4) is 0 Å². The molecule has 0 saturated heterocycles. The van der Waals surface area contributed by atoms with E-state index in [1.807, 2.05) is 0 Å². The molecule has 0 aromatic rings. The van der Waals surface area contributed by atoms with E-state index in [-0.39, 0.29) is 13.0 Å². The number of hydrogen-bond acceptors (Lipinski definition) is 4. The van der Waals surface area contributed by atoms with Gasteiger partial charge in [-0.1, -0.05) is 0 Å². The molecular weight excluding hydrogens is 164 g/mol. The molecule has 0 spiro atoms. The summed E-state index contributed by atoms with van der Waals surface area (Å²) in [6, 6.07) is -1.24. The molecule has 0 aromatic carbocycles. The van der Waals surface area contributed by atoms with Gasteiger partial charge in [0.2, 0.25) is 5.91 Å². The Morgan fingerprint density at radius 3 is 2.17 bits per heavy atom. The normalized spacial score (nSPS) is 15.2. The molecule has 6 heteroatoms. The van der Waals surface area contributed by atoms with Gasteiger partial charge in [-0.2, -0.15) is 0 Å². The van der Waals surface area contributed by atoms with Crippen molar-refractivity contribution in [3.05, 3.63) is 0 Å². The second-order valence-corrected chi connectivity index (χ2v) is 2.39. The second kappa shape index (κ2) is 4.68. The number of primary amides is 1. The number of rotatable bonds is 5. The van der Waals surface area contributed by atoms with Crippen molar-refractivity contribution in [1.29, 1.82) is 0 Å². The minimum Gasteiger partial charge on any atom is -0.481 e. The smallest absolute Gasteiger partial charge is 0.308 e. The lowest BCUT2D eigenvalue weighted by molar-refractivity contribution is -0.145. The Bertz CT molecular complexity index is 182. The molecular formula is C6H12N2O4. The number of carboxylic acid groups (broad SMARTS) is 1. The lowest BCUT2D eigenvalue weighted by atomic mass is 9.97. The molecule has 0 fully saturated rings. The van der Waals surface area contributed by atoms with Crippen molar-refractivity contribution in [2.24, 2.45) is 17.4 Å². The predicted molar refractivity (Wildman–Crippen MR) is 40.0 cm³/mol. The lowest BCUT2D eigenvalue weighted by Crippen LogP contribution is -2.46. The Morgan fingerprint density at radius 2 is 1.92 bits per heavy atom.